The molecule has 154 valence electrons. The van der Waals surface area contributed by atoms with Crippen LogP contribution in [0.5, 0.6) is 0 Å². The van der Waals surface area contributed by atoms with Crippen molar-refractivity contribution in [2.45, 2.75) is 55.1 Å². The molecule has 4 rings (SSSR count). The molecule has 3 atom stereocenters. The number of nitro groups is 1. The number of amides is 1. The van der Waals surface area contributed by atoms with Crippen molar-refractivity contribution in [1.29, 1.82) is 0 Å². The largest absolute Gasteiger partial charge is 0.335 e. The molecule has 8 nitrogen and oxygen atoms in total. The highest BCUT2D eigenvalue weighted by Gasteiger charge is 2.39. The van der Waals surface area contributed by atoms with Crippen molar-refractivity contribution in [2.24, 2.45) is 18.9 Å². The van der Waals surface area contributed by atoms with E-state index in [0.717, 1.165) is 25.8 Å². The van der Waals surface area contributed by atoms with Gasteiger partial charge in [-0.15, -0.1) is 10.2 Å². The number of aromatic nitrogens is 3. The minimum atomic E-state index is -0.433. The quantitative estimate of drug-likeness (QED) is 0.555. The van der Waals surface area contributed by atoms with Crippen molar-refractivity contribution < 1.29 is 9.72 Å². The summed E-state index contributed by atoms with van der Waals surface area (Å²) in [5, 5.41) is 20.0. The number of hydrogen-bond acceptors (Lipinski definition) is 6. The number of nitro benzene ring substituents is 1. The number of piperidine rings is 1. The van der Waals surface area contributed by atoms with Crippen LogP contribution in [0, 0.1) is 22.0 Å². The average molecular weight is 416 g/mol. The van der Waals surface area contributed by atoms with E-state index in [2.05, 4.69) is 17.1 Å². The van der Waals surface area contributed by atoms with Crippen molar-refractivity contribution in [1.82, 2.24) is 19.7 Å². The lowest BCUT2D eigenvalue weighted by atomic mass is 9.72. The van der Waals surface area contributed by atoms with Crippen molar-refractivity contribution >= 4 is 23.4 Å². The van der Waals surface area contributed by atoms with Gasteiger partial charge in [0.2, 0.25) is 0 Å². The van der Waals surface area contributed by atoms with Gasteiger partial charge in [0.25, 0.3) is 11.6 Å². The first-order chi connectivity index (χ1) is 14.0. The second-order valence-electron chi connectivity index (χ2n) is 8.05. The van der Waals surface area contributed by atoms with Gasteiger partial charge >= 0.3 is 0 Å². The molecule has 9 heteroatoms. The minimum absolute atomic E-state index is 0.0746. The summed E-state index contributed by atoms with van der Waals surface area (Å²) in [7, 11) is 1.78. The molecule has 0 radical (unpaired) electrons. The third-order valence-electron chi connectivity index (χ3n) is 6.27. The fourth-order valence-electron chi connectivity index (χ4n) is 4.67. The summed E-state index contributed by atoms with van der Waals surface area (Å²) in [4.78, 5) is 27.0. The van der Waals surface area contributed by atoms with Crippen LogP contribution in [-0.4, -0.2) is 43.1 Å². The van der Waals surface area contributed by atoms with Gasteiger partial charge < -0.3 is 9.47 Å². The predicted octanol–water partition coefficient (Wildman–Crippen LogP) is 3.92. The zero-order valence-electron chi connectivity index (χ0n) is 16.7. The van der Waals surface area contributed by atoms with Gasteiger partial charge in [-0.3, -0.25) is 14.9 Å². The van der Waals surface area contributed by atoms with E-state index in [0.29, 0.717) is 27.5 Å². The third kappa shape index (κ3) is 3.88. The molecule has 1 aliphatic heterocycles. The monoisotopic (exact) mass is 415 g/mol. The highest BCUT2D eigenvalue weighted by atomic mass is 32.2. The molecule has 1 aliphatic carbocycles. The zero-order valence-corrected chi connectivity index (χ0v) is 17.5. The van der Waals surface area contributed by atoms with Crippen LogP contribution < -0.4 is 0 Å². The van der Waals surface area contributed by atoms with Crippen LogP contribution in [0.1, 0.15) is 49.4 Å². The molecular formula is C20H25N5O3S. The SMILES string of the molecule is CC1CCN(C(=O)c2ccc(Sc3nncn3C)c([N+](=O)[O-])c2)C2CCCCC12. The predicted molar refractivity (Wildman–Crippen MR) is 109 cm³/mol. The lowest BCUT2D eigenvalue weighted by molar-refractivity contribution is -0.387. The summed E-state index contributed by atoms with van der Waals surface area (Å²) in [6.45, 7) is 3.01. The van der Waals surface area contributed by atoms with E-state index >= 15 is 0 Å². The number of rotatable bonds is 4. The smallest absolute Gasteiger partial charge is 0.284 e. The molecule has 1 aromatic carbocycles. The molecule has 0 bridgehead atoms. The molecule has 2 fully saturated rings. The normalized spacial score (nSPS) is 24.2. The Labute approximate surface area is 173 Å². The Kier molecular flexibility index (Phi) is 5.58. The van der Waals surface area contributed by atoms with Crippen molar-refractivity contribution in [3.05, 3.63) is 40.2 Å². The molecule has 1 saturated carbocycles. The van der Waals surface area contributed by atoms with Gasteiger partial charge in [-0.05, 0) is 55.0 Å². The van der Waals surface area contributed by atoms with Gasteiger partial charge in [0.05, 0.1) is 9.82 Å². The van der Waals surface area contributed by atoms with Crippen molar-refractivity contribution in [3.8, 4) is 0 Å². The second-order valence-corrected chi connectivity index (χ2v) is 9.06. The number of aryl methyl sites for hydroxylation is 1. The van der Waals surface area contributed by atoms with Crippen LogP contribution in [0.4, 0.5) is 5.69 Å². The van der Waals surface area contributed by atoms with E-state index in [9.17, 15) is 14.9 Å². The summed E-state index contributed by atoms with van der Waals surface area (Å²) < 4.78 is 1.70. The van der Waals surface area contributed by atoms with Crippen LogP contribution in [0.15, 0.2) is 34.6 Å². The molecule has 2 aromatic rings. The number of hydrogen-bond donors (Lipinski definition) is 0. The Morgan fingerprint density at radius 1 is 1.28 bits per heavy atom. The number of nitrogens with zero attached hydrogens (tertiary/aromatic N) is 5. The first-order valence-electron chi connectivity index (χ1n) is 10.1. The topological polar surface area (TPSA) is 94.2 Å². The molecule has 0 N–H and O–H groups in total. The molecule has 29 heavy (non-hydrogen) atoms. The first kappa shape index (κ1) is 19.9. The van der Waals surface area contributed by atoms with Crippen LogP contribution >= 0.6 is 11.8 Å². The highest BCUT2D eigenvalue weighted by molar-refractivity contribution is 7.99. The molecule has 1 amide bonds. The average Bonchev–Trinajstić information content (AvgIpc) is 3.12. The van der Waals surface area contributed by atoms with E-state index in [1.54, 1.807) is 30.1 Å². The van der Waals surface area contributed by atoms with Crippen molar-refractivity contribution in [2.75, 3.05) is 6.54 Å². The molecule has 3 unspecified atom stereocenters. The van der Waals surface area contributed by atoms with E-state index in [1.807, 2.05) is 4.90 Å². The van der Waals surface area contributed by atoms with Crippen LogP contribution in [0.25, 0.3) is 0 Å². The molecule has 2 aliphatic rings. The van der Waals surface area contributed by atoms with E-state index in [-0.39, 0.29) is 17.6 Å². The molecule has 0 spiro atoms. The number of likely N-dealkylation sites (tertiary alicyclic amines) is 1. The molecule has 1 saturated heterocycles. The Balaban J connectivity index is 1.61. The summed E-state index contributed by atoms with van der Waals surface area (Å²) >= 11 is 1.17. The maximum atomic E-state index is 13.3. The number of benzene rings is 1. The van der Waals surface area contributed by atoms with Crippen LogP contribution in [0.2, 0.25) is 0 Å². The fraction of sp³-hybridized carbons (Fsp3) is 0.550. The third-order valence-corrected chi connectivity index (χ3v) is 7.39. The molecule has 2 heterocycles. The van der Waals surface area contributed by atoms with E-state index in [1.165, 1.54) is 30.7 Å². The summed E-state index contributed by atoms with van der Waals surface area (Å²) in [5.74, 6) is 1.08. The minimum Gasteiger partial charge on any atom is -0.335 e. The number of carbonyl (C=O) groups is 1. The van der Waals surface area contributed by atoms with Gasteiger partial charge in [0.15, 0.2) is 5.16 Å². The second kappa shape index (κ2) is 8.14. The lowest BCUT2D eigenvalue weighted by Gasteiger charge is -2.47. The Bertz CT molecular complexity index is 931. The maximum absolute atomic E-state index is 13.3. The van der Waals surface area contributed by atoms with Gasteiger partial charge in [-0.2, -0.15) is 0 Å². The standard InChI is InChI=1S/C20H25N5O3S/c1-13-9-10-24(16-6-4-3-5-15(13)16)19(26)14-7-8-18(17(11-14)25(27)28)29-20-22-21-12-23(20)2/h7-8,11-13,15-16H,3-6,9-10H2,1-2H3. The van der Waals surface area contributed by atoms with E-state index in [4.69, 9.17) is 0 Å². The van der Waals surface area contributed by atoms with Crippen LogP contribution in [-0.2, 0) is 7.05 Å². The van der Waals surface area contributed by atoms with Gasteiger partial charge in [0, 0.05) is 31.3 Å². The Morgan fingerprint density at radius 2 is 2.07 bits per heavy atom. The summed E-state index contributed by atoms with van der Waals surface area (Å²) in [6, 6.07) is 5.02. The Hall–Kier alpha value is -2.42. The first-order valence-corrected chi connectivity index (χ1v) is 10.9. The van der Waals surface area contributed by atoms with Gasteiger partial charge in [-0.25, -0.2) is 0 Å². The lowest BCUT2D eigenvalue weighted by Crippen LogP contribution is -2.52. The zero-order chi connectivity index (χ0) is 20.5. The number of carbonyl (C=O) groups excluding carboxylic acids is 1. The summed E-state index contributed by atoms with van der Waals surface area (Å²) in [5.41, 5.74) is 0.312. The van der Waals surface area contributed by atoms with E-state index < -0.39 is 4.92 Å². The summed E-state index contributed by atoms with van der Waals surface area (Å²) in [6.07, 6.45) is 7.11. The van der Waals surface area contributed by atoms with Crippen molar-refractivity contribution in [3.63, 3.8) is 0 Å². The van der Waals surface area contributed by atoms with Gasteiger partial charge in [-0.1, -0.05) is 19.8 Å². The number of fused-ring (bicyclic) bond motifs is 1. The fourth-order valence-corrected chi connectivity index (χ4v) is 5.52. The van der Waals surface area contributed by atoms with Crippen LogP contribution in [0.3, 0.4) is 0 Å². The Morgan fingerprint density at radius 3 is 2.79 bits per heavy atom. The molecular weight excluding hydrogens is 390 g/mol. The highest BCUT2D eigenvalue weighted by Crippen LogP contribution is 2.40. The van der Waals surface area contributed by atoms with Gasteiger partial charge in [0.1, 0.15) is 6.33 Å². The maximum Gasteiger partial charge on any atom is 0.284 e. The molecule has 1 aromatic heterocycles.